The minimum absolute atomic E-state index is 0.0212. The van der Waals surface area contributed by atoms with Crippen LogP contribution in [-0.2, 0) is 26.2 Å². The molecule has 0 bridgehead atoms. The van der Waals surface area contributed by atoms with Gasteiger partial charge in [-0.15, -0.1) is 0 Å². The fourth-order valence-corrected chi connectivity index (χ4v) is 3.97. The Bertz CT molecular complexity index is 1060. The van der Waals surface area contributed by atoms with E-state index in [2.05, 4.69) is 5.32 Å². The number of anilines is 1. The van der Waals surface area contributed by atoms with E-state index in [1.54, 1.807) is 0 Å². The topological polar surface area (TPSA) is 86.8 Å². The lowest BCUT2D eigenvalue weighted by molar-refractivity contribution is -0.139. The Hall–Kier alpha value is -2.36. The van der Waals surface area contributed by atoms with Gasteiger partial charge in [0.1, 0.15) is 18.4 Å². The number of carbonyl (C=O) groups is 2. The van der Waals surface area contributed by atoms with Crippen molar-refractivity contribution >= 4 is 50.7 Å². The third-order valence-electron chi connectivity index (χ3n) is 4.55. The van der Waals surface area contributed by atoms with Crippen LogP contribution in [-0.4, -0.2) is 51.0 Å². The van der Waals surface area contributed by atoms with Crippen molar-refractivity contribution in [3.8, 4) is 0 Å². The van der Waals surface area contributed by atoms with Crippen LogP contribution in [0.3, 0.4) is 0 Å². The quantitative estimate of drug-likeness (QED) is 0.617. The number of rotatable bonds is 8. The Morgan fingerprint density at radius 3 is 2.23 bits per heavy atom. The SMILES string of the molecule is CNC(=O)C(C)N(Cc1ccc(F)cc1)C(=O)CN(c1ccc(Cl)c(Cl)c1)S(C)(=O)=O. The van der Waals surface area contributed by atoms with Crippen LogP contribution in [0.1, 0.15) is 12.5 Å². The summed E-state index contributed by atoms with van der Waals surface area (Å²) in [4.78, 5) is 26.6. The summed E-state index contributed by atoms with van der Waals surface area (Å²) in [5, 5.41) is 2.83. The predicted octanol–water partition coefficient (Wildman–Crippen LogP) is 3.06. The maximum atomic E-state index is 13.2. The molecular weight excluding hydrogens is 468 g/mol. The van der Waals surface area contributed by atoms with Gasteiger partial charge in [-0.2, -0.15) is 0 Å². The van der Waals surface area contributed by atoms with E-state index in [1.165, 1.54) is 61.3 Å². The Kier molecular flexibility index (Phi) is 8.27. The van der Waals surface area contributed by atoms with Crippen molar-refractivity contribution in [2.75, 3.05) is 24.2 Å². The van der Waals surface area contributed by atoms with Gasteiger partial charge in [-0.3, -0.25) is 13.9 Å². The largest absolute Gasteiger partial charge is 0.357 e. The number of hydrogen-bond acceptors (Lipinski definition) is 4. The molecule has 0 aromatic heterocycles. The van der Waals surface area contributed by atoms with E-state index in [-0.39, 0.29) is 22.3 Å². The molecular formula is C20H22Cl2FN3O4S. The van der Waals surface area contributed by atoms with E-state index in [9.17, 15) is 22.4 Å². The number of halogens is 3. The number of nitrogens with one attached hydrogen (secondary N) is 1. The summed E-state index contributed by atoms with van der Waals surface area (Å²) in [6.45, 7) is 0.927. The first-order valence-corrected chi connectivity index (χ1v) is 11.7. The number of amides is 2. The normalized spacial score (nSPS) is 12.2. The van der Waals surface area contributed by atoms with E-state index in [0.29, 0.717) is 5.56 Å². The van der Waals surface area contributed by atoms with E-state index in [4.69, 9.17) is 23.2 Å². The summed E-state index contributed by atoms with van der Waals surface area (Å²) in [5.41, 5.74) is 0.727. The standard InChI is InChI=1S/C20H22Cl2FN3O4S/c1-13(20(28)24-2)25(11-14-4-6-15(23)7-5-14)19(27)12-26(31(3,29)30)16-8-9-17(21)18(22)10-16/h4-10,13H,11-12H2,1-3H3,(H,24,28). The van der Waals surface area contributed by atoms with Gasteiger partial charge in [0, 0.05) is 13.6 Å². The second kappa shape index (κ2) is 10.3. The maximum absolute atomic E-state index is 13.2. The van der Waals surface area contributed by atoms with E-state index < -0.39 is 40.2 Å². The van der Waals surface area contributed by atoms with Crippen molar-refractivity contribution in [2.24, 2.45) is 0 Å². The second-order valence-corrected chi connectivity index (χ2v) is 9.53. The molecule has 0 fully saturated rings. The van der Waals surface area contributed by atoms with Crippen LogP contribution in [0.25, 0.3) is 0 Å². The van der Waals surface area contributed by atoms with Crippen molar-refractivity contribution in [1.82, 2.24) is 10.2 Å². The number of likely N-dealkylation sites (N-methyl/N-ethyl adjacent to an activating group) is 1. The molecule has 2 amide bonds. The second-order valence-electron chi connectivity index (χ2n) is 6.81. The first-order chi connectivity index (χ1) is 14.4. The first kappa shape index (κ1) is 24.9. The number of carbonyl (C=O) groups excluding carboxylic acids is 2. The Morgan fingerprint density at radius 1 is 1.10 bits per heavy atom. The molecule has 31 heavy (non-hydrogen) atoms. The van der Waals surface area contributed by atoms with Crippen molar-refractivity contribution in [3.05, 3.63) is 63.9 Å². The summed E-state index contributed by atoms with van der Waals surface area (Å²) in [5.74, 6) is -1.50. The number of nitrogens with zero attached hydrogens (tertiary/aromatic N) is 2. The Morgan fingerprint density at radius 2 is 1.71 bits per heavy atom. The van der Waals surface area contributed by atoms with Crippen molar-refractivity contribution in [1.29, 1.82) is 0 Å². The molecule has 0 radical (unpaired) electrons. The molecule has 0 aliphatic rings. The van der Waals surface area contributed by atoms with Gasteiger partial charge in [0.05, 0.1) is 22.0 Å². The lowest BCUT2D eigenvalue weighted by atomic mass is 10.1. The first-order valence-electron chi connectivity index (χ1n) is 9.12. The average Bonchev–Trinajstić information content (AvgIpc) is 2.71. The molecule has 1 N–H and O–H groups in total. The zero-order chi connectivity index (χ0) is 23.3. The van der Waals surface area contributed by atoms with Crippen LogP contribution in [0, 0.1) is 5.82 Å². The van der Waals surface area contributed by atoms with Gasteiger partial charge in [0.2, 0.25) is 21.8 Å². The van der Waals surface area contributed by atoms with Gasteiger partial charge in [-0.25, -0.2) is 12.8 Å². The highest BCUT2D eigenvalue weighted by atomic mass is 35.5. The number of hydrogen-bond donors (Lipinski definition) is 1. The molecule has 2 aromatic carbocycles. The molecule has 0 aliphatic carbocycles. The summed E-state index contributed by atoms with van der Waals surface area (Å²) in [6.07, 6.45) is 0.954. The smallest absolute Gasteiger partial charge is 0.244 e. The number of benzene rings is 2. The Labute approximate surface area is 190 Å². The molecule has 2 aromatic rings. The molecule has 1 atom stereocenters. The highest BCUT2D eigenvalue weighted by Crippen LogP contribution is 2.28. The summed E-state index contributed by atoms with van der Waals surface area (Å²) >= 11 is 11.9. The average molecular weight is 490 g/mol. The highest BCUT2D eigenvalue weighted by Gasteiger charge is 2.29. The van der Waals surface area contributed by atoms with Crippen LogP contribution < -0.4 is 9.62 Å². The van der Waals surface area contributed by atoms with Gasteiger partial charge in [0.25, 0.3) is 0 Å². The monoisotopic (exact) mass is 489 g/mol. The highest BCUT2D eigenvalue weighted by molar-refractivity contribution is 7.92. The van der Waals surface area contributed by atoms with Crippen molar-refractivity contribution < 1.29 is 22.4 Å². The van der Waals surface area contributed by atoms with Gasteiger partial charge in [0.15, 0.2) is 0 Å². The molecule has 0 aliphatic heterocycles. The lowest BCUT2D eigenvalue weighted by Gasteiger charge is -2.31. The van der Waals surface area contributed by atoms with Gasteiger partial charge in [-0.1, -0.05) is 35.3 Å². The van der Waals surface area contributed by atoms with Crippen LogP contribution in [0.2, 0.25) is 10.0 Å². The molecule has 11 heteroatoms. The zero-order valence-electron chi connectivity index (χ0n) is 17.1. The molecule has 7 nitrogen and oxygen atoms in total. The van der Waals surface area contributed by atoms with Crippen molar-refractivity contribution in [2.45, 2.75) is 19.5 Å². The van der Waals surface area contributed by atoms with Crippen LogP contribution in [0.4, 0.5) is 10.1 Å². The minimum atomic E-state index is -3.87. The lowest BCUT2D eigenvalue weighted by Crippen LogP contribution is -2.50. The fraction of sp³-hybridized carbons (Fsp3) is 0.300. The third kappa shape index (κ3) is 6.56. The van der Waals surface area contributed by atoms with Gasteiger partial charge >= 0.3 is 0 Å². The maximum Gasteiger partial charge on any atom is 0.244 e. The molecule has 0 heterocycles. The summed E-state index contributed by atoms with van der Waals surface area (Å²) in [6, 6.07) is 8.73. The molecule has 2 rings (SSSR count). The predicted molar refractivity (Wildman–Crippen MR) is 119 cm³/mol. The number of sulfonamides is 1. The van der Waals surface area contributed by atoms with Crippen LogP contribution >= 0.6 is 23.2 Å². The zero-order valence-corrected chi connectivity index (χ0v) is 19.4. The molecule has 0 saturated heterocycles. The summed E-state index contributed by atoms with van der Waals surface area (Å²) in [7, 11) is -2.44. The van der Waals surface area contributed by atoms with Crippen LogP contribution in [0.5, 0.6) is 0 Å². The molecule has 1 unspecified atom stereocenters. The van der Waals surface area contributed by atoms with Crippen molar-refractivity contribution in [3.63, 3.8) is 0 Å². The fourth-order valence-electron chi connectivity index (χ4n) is 2.83. The minimum Gasteiger partial charge on any atom is -0.357 e. The van der Waals surface area contributed by atoms with E-state index >= 15 is 0 Å². The van der Waals surface area contributed by atoms with E-state index in [0.717, 1.165) is 10.6 Å². The molecule has 0 saturated carbocycles. The molecule has 168 valence electrons. The van der Waals surface area contributed by atoms with Gasteiger partial charge < -0.3 is 10.2 Å². The van der Waals surface area contributed by atoms with Crippen LogP contribution in [0.15, 0.2) is 42.5 Å². The van der Waals surface area contributed by atoms with Gasteiger partial charge in [-0.05, 0) is 42.8 Å². The summed E-state index contributed by atoms with van der Waals surface area (Å²) < 4.78 is 38.9. The van der Waals surface area contributed by atoms with E-state index in [1.807, 2.05) is 0 Å². The third-order valence-corrected chi connectivity index (χ3v) is 6.43. The Balaban J connectivity index is 2.39. The molecule has 0 spiro atoms.